The third kappa shape index (κ3) is 3.05. The molecule has 2 amide bonds. The Kier molecular flexibility index (Phi) is 3.83. The Morgan fingerprint density at radius 2 is 1.83 bits per heavy atom. The third-order valence-corrected chi connectivity index (χ3v) is 5.53. The molecule has 0 N–H and O–H groups in total. The van der Waals surface area contributed by atoms with Gasteiger partial charge in [-0.05, 0) is 17.7 Å². The van der Waals surface area contributed by atoms with Gasteiger partial charge < -0.3 is 4.90 Å². The van der Waals surface area contributed by atoms with E-state index in [0.717, 1.165) is 29.5 Å². The molecule has 9 heteroatoms. The molecule has 0 aliphatic carbocycles. The molecule has 2 heterocycles. The number of nitrogens with zero attached hydrogens (tertiary/aromatic N) is 3. The highest BCUT2D eigenvalue weighted by Gasteiger charge is 2.41. The first-order valence-corrected chi connectivity index (χ1v) is 8.96. The van der Waals surface area contributed by atoms with Crippen LogP contribution in [0, 0.1) is 11.6 Å². The first kappa shape index (κ1) is 15.9. The van der Waals surface area contributed by atoms with Crippen molar-refractivity contribution in [1.29, 1.82) is 0 Å². The number of likely N-dealkylation sites (tertiary alicyclic amines) is 1. The van der Waals surface area contributed by atoms with Crippen molar-refractivity contribution in [2.24, 2.45) is 5.10 Å². The second-order valence-corrected chi connectivity index (χ2v) is 8.06. The minimum atomic E-state index is -3.18. The van der Waals surface area contributed by atoms with Crippen molar-refractivity contribution in [1.82, 2.24) is 9.91 Å². The van der Waals surface area contributed by atoms with E-state index in [-0.39, 0.29) is 13.1 Å². The van der Waals surface area contributed by atoms with E-state index in [1.54, 1.807) is 0 Å². The van der Waals surface area contributed by atoms with Crippen molar-refractivity contribution in [3.8, 4) is 0 Å². The van der Waals surface area contributed by atoms with E-state index in [1.807, 2.05) is 0 Å². The van der Waals surface area contributed by atoms with Gasteiger partial charge in [-0.2, -0.15) is 5.10 Å². The number of carbonyl (C=O) groups is 1. The number of rotatable bonds is 2. The summed E-state index contributed by atoms with van der Waals surface area (Å²) in [5.41, 5.74) is 0.313. The van der Waals surface area contributed by atoms with Crippen molar-refractivity contribution >= 4 is 22.1 Å². The summed E-state index contributed by atoms with van der Waals surface area (Å²) in [6, 6.07) is 2.03. The molecule has 0 spiro atoms. The van der Waals surface area contributed by atoms with Gasteiger partial charge in [-0.25, -0.2) is 27.0 Å². The number of amides is 2. The van der Waals surface area contributed by atoms with Crippen molar-refractivity contribution in [3.63, 3.8) is 0 Å². The van der Waals surface area contributed by atoms with Crippen LogP contribution in [0.1, 0.15) is 18.0 Å². The lowest BCUT2D eigenvalue weighted by atomic mass is 10.0. The first-order valence-electron chi connectivity index (χ1n) is 7.01. The van der Waals surface area contributed by atoms with Crippen LogP contribution in [0.3, 0.4) is 0 Å². The van der Waals surface area contributed by atoms with Crippen LogP contribution in [0.15, 0.2) is 23.3 Å². The van der Waals surface area contributed by atoms with E-state index in [1.165, 1.54) is 11.1 Å². The fraction of sp³-hybridized carbons (Fsp3) is 0.429. The number of hydrogen-bond acceptors (Lipinski definition) is 4. The van der Waals surface area contributed by atoms with Crippen LogP contribution in [-0.2, 0) is 9.84 Å². The molecular weight excluding hydrogens is 328 g/mol. The van der Waals surface area contributed by atoms with Crippen molar-refractivity contribution in [2.75, 3.05) is 19.3 Å². The van der Waals surface area contributed by atoms with Crippen LogP contribution in [0.5, 0.6) is 0 Å². The molecule has 1 aromatic carbocycles. The number of benzene rings is 1. The molecule has 1 atom stereocenters. The predicted molar refractivity (Wildman–Crippen MR) is 79.6 cm³/mol. The SMILES string of the molecule is CS(=O)(=O)C1CN(C(=O)N2N=CC[C@H]2c2cc(F)cc(F)c2)C1. The lowest BCUT2D eigenvalue weighted by Gasteiger charge is -2.40. The van der Waals surface area contributed by atoms with E-state index in [0.29, 0.717) is 12.0 Å². The van der Waals surface area contributed by atoms with Crippen LogP contribution >= 0.6 is 0 Å². The van der Waals surface area contributed by atoms with E-state index in [2.05, 4.69) is 5.10 Å². The lowest BCUT2D eigenvalue weighted by Crippen LogP contribution is -2.59. The smallest absolute Gasteiger partial charge is 0.320 e. The highest BCUT2D eigenvalue weighted by Crippen LogP contribution is 2.31. The zero-order valence-corrected chi connectivity index (χ0v) is 13.1. The van der Waals surface area contributed by atoms with Gasteiger partial charge in [0.05, 0.1) is 11.3 Å². The molecule has 0 unspecified atom stereocenters. The van der Waals surface area contributed by atoms with E-state index < -0.39 is 38.8 Å². The van der Waals surface area contributed by atoms with Gasteiger partial charge in [-0.3, -0.25) is 0 Å². The first-order chi connectivity index (χ1) is 10.8. The van der Waals surface area contributed by atoms with Gasteiger partial charge in [-0.1, -0.05) is 0 Å². The third-order valence-electron chi connectivity index (χ3n) is 4.02. The summed E-state index contributed by atoms with van der Waals surface area (Å²) >= 11 is 0. The lowest BCUT2D eigenvalue weighted by molar-refractivity contribution is 0.119. The molecule has 2 aliphatic rings. The number of hydrazone groups is 1. The summed E-state index contributed by atoms with van der Waals surface area (Å²) in [5, 5.41) is 4.54. The van der Waals surface area contributed by atoms with Crippen LogP contribution in [0.4, 0.5) is 13.6 Å². The maximum atomic E-state index is 13.4. The summed E-state index contributed by atoms with van der Waals surface area (Å²) in [4.78, 5) is 13.8. The second-order valence-electron chi connectivity index (χ2n) is 5.74. The van der Waals surface area contributed by atoms with Crippen molar-refractivity contribution in [3.05, 3.63) is 35.4 Å². The largest absolute Gasteiger partial charge is 0.341 e. The van der Waals surface area contributed by atoms with Gasteiger partial charge >= 0.3 is 6.03 Å². The number of carbonyl (C=O) groups excluding carboxylic acids is 1. The maximum Gasteiger partial charge on any atom is 0.341 e. The van der Waals surface area contributed by atoms with Crippen LogP contribution in [0.25, 0.3) is 0 Å². The van der Waals surface area contributed by atoms with Gasteiger partial charge in [-0.15, -0.1) is 0 Å². The van der Waals surface area contributed by atoms with Crippen LogP contribution in [0.2, 0.25) is 0 Å². The maximum absolute atomic E-state index is 13.4. The minimum absolute atomic E-state index is 0.105. The predicted octanol–water partition coefficient (Wildman–Crippen LogP) is 1.55. The summed E-state index contributed by atoms with van der Waals surface area (Å²) in [7, 11) is -3.18. The van der Waals surface area contributed by atoms with E-state index >= 15 is 0 Å². The monoisotopic (exact) mass is 343 g/mol. The zero-order valence-electron chi connectivity index (χ0n) is 12.3. The number of urea groups is 1. The Morgan fingerprint density at radius 3 is 2.39 bits per heavy atom. The Balaban J connectivity index is 1.74. The van der Waals surface area contributed by atoms with Crippen LogP contribution < -0.4 is 0 Å². The summed E-state index contributed by atoms with van der Waals surface area (Å²) in [6.45, 7) is 0.210. The Hall–Kier alpha value is -2.03. The fourth-order valence-electron chi connectivity index (χ4n) is 2.65. The molecule has 3 rings (SSSR count). The minimum Gasteiger partial charge on any atom is -0.320 e. The summed E-state index contributed by atoms with van der Waals surface area (Å²) in [6.07, 6.45) is 2.98. The summed E-state index contributed by atoms with van der Waals surface area (Å²) < 4.78 is 49.5. The van der Waals surface area contributed by atoms with Gasteiger partial charge in [0.1, 0.15) is 11.6 Å². The number of sulfone groups is 1. The topological polar surface area (TPSA) is 70.1 Å². The molecule has 1 saturated heterocycles. The Bertz CT molecular complexity index is 755. The molecule has 0 radical (unpaired) electrons. The second kappa shape index (κ2) is 5.55. The van der Waals surface area contributed by atoms with Gasteiger partial charge in [0.25, 0.3) is 0 Å². The average molecular weight is 343 g/mol. The summed E-state index contributed by atoms with van der Waals surface area (Å²) in [5.74, 6) is -1.44. The normalized spacial score (nSPS) is 21.6. The van der Waals surface area contributed by atoms with Gasteiger partial charge in [0, 0.05) is 38.0 Å². The zero-order chi connectivity index (χ0) is 16.8. The van der Waals surface area contributed by atoms with Crippen LogP contribution in [-0.4, -0.2) is 55.2 Å². The Morgan fingerprint density at radius 1 is 1.22 bits per heavy atom. The molecule has 1 fully saturated rings. The molecular formula is C14H15F2N3O3S. The molecule has 1 aromatic rings. The molecule has 0 saturated carbocycles. The van der Waals surface area contributed by atoms with Gasteiger partial charge in [0.2, 0.25) is 0 Å². The molecule has 6 nitrogen and oxygen atoms in total. The number of halogens is 2. The average Bonchev–Trinajstić information content (AvgIpc) is 2.82. The highest BCUT2D eigenvalue weighted by atomic mass is 32.2. The van der Waals surface area contributed by atoms with Gasteiger partial charge in [0.15, 0.2) is 9.84 Å². The molecule has 2 aliphatic heterocycles. The molecule has 0 bridgehead atoms. The van der Waals surface area contributed by atoms with Crippen molar-refractivity contribution < 1.29 is 22.0 Å². The van der Waals surface area contributed by atoms with E-state index in [9.17, 15) is 22.0 Å². The van der Waals surface area contributed by atoms with Crippen molar-refractivity contribution in [2.45, 2.75) is 17.7 Å². The highest BCUT2D eigenvalue weighted by molar-refractivity contribution is 7.91. The fourth-order valence-corrected chi connectivity index (χ4v) is 3.55. The molecule has 124 valence electrons. The van der Waals surface area contributed by atoms with E-state index in [4.69, 9.17) is 0 Å². The molecule has 23 heavy (non-hydrogen) atoms. The number of hydrogen-bond donors (Lipinski definition) is 0. The Labute approximate surface area is 132 Å². The standard InChI is InChI=1S/C14H15F2N3O3S/c1-23(21,22)12-7-18(8-12)14(20)19-13(2-3-17-19)9-4-10(15)6-11(16)5-9/h3-6,12-13H,2,7-8H2,1H3/t13-/m0/s1. The quantitative estimate of drug-likeness (QED) is 0.818. The molecule has 0 aromatic heterocycles.